The van der Waals surface area contributed by atoms with Gasteiger partial charge in [-0.05, 0) is 19.3 Å². The second-order valence-corrected chi connectivity index (χ2v) is 4.16. The SMILES string of the molecule is CCCC(C)C(=O)NC1(CN)CC1. The Morgan fingerprint density at radius 2 is 2.23 bits per heavy atom. The summed E-state index contributed by atoms with van der Waals surface area (Å²) in [7, 11) is 0. The lowest BCUT2D eigenvalue weighted by molar-refractivity contribution is -0.125. The fourth-order valence-electron chi connectivity index (χ4n) is 1.48. The Morgan fingerprint density at radius 1 is 1.62 bits per heavy atom. The second-order valence-electron chi connectivity index (χ2n) is 4.16. The first kappa shape index (κ1) is 10.5. The lowest BCUT2D eigenvalue weighted by Gasteiger charge is -2.18. The Balaban J connectivity index is 2.32. The maximum atomic E-state index is 11.6. The Morgan fingerprint density at radius 3 is 2.62 bits per heavy atom. The molecule has 1 aliphatic rings. The highest BCUT2D eigenvalue weighted by Crippen LogP contribution is 2.34. The average molecular weight is 184 g/mol. The van der Waals surface area contributed by atoms with Crippen LogP contribution in [-0.4, -0.2) is 18.0 Å². The van der Waals surface area contributed by atoms with Crippen LogP contribution in [0.2, 0.25) is 0 Å². The van der Waals surface area contributed by atoms with Crippen molar-refractivity contribution in [3.8, 4) is 0 Å². The topological polar surface area (TPSA) is 55.1 Å². The minimum atomic E-state index is -0.0287. The highest BCUT2D eigenvalue weighted by molar-refractivity contribution is 5.79. The molecule has 1 amide bonds. The summed E-state index contributed by atoms with van der Waals surface area (Å²) >= 11 is 0. The predicted octanol–water partition coefficient (Wildman–Crippen LogP) is 1.03. The molecule has 0 spiro atoms. The average Bonchev–Trinajstić information content (AvgIpc) is 2.86. The van der Waals surface area contributed by atoms with Crippen molar-refractivity contribution in [1.29, 1.82) is 0 Å². The largest absolute Gasteiger partial charge is 0.349 e. The van der Waals surface area contributed by atoms with Gasteiger partial charge in [0, 0.05) is 12.5 Å². The van der Waals surface area contributed by atoms with Crippen molar-refractivity contribution in [3.05, 3.63) is 0 Å². The van der Waals surface area contributed by atoms with Gasteiger partial charge in [0.1, 0.15) is 0 Å². The fraction of sp³-hybridized carbons (Fsp3) is 0.900. The molecule has 0 aromatic heterocycles. The van der Waals surface area contributed by atoms with Crippen LogP contribution >= 0.6 is 0 Å². The monoisotopic (exact) mass is 184 g/mol. The summed E-state index contributed by atoms with van der Waals surface area (Å²) in [4.78, 5) is 11.6. The van der Waals surface area contributed by atoms with Crippen molar-refractivity contribution in [2.45, 2.75) is 45.1 Å². The van der Waals surface area contributed by atoms with Gasteiger partial charge in [0.05, 0.1) is 5.54 Å². The van der Waals surface area contributed by atoms with Crippen LogP contribution in [0.3, 0.4) is 0 Å². The molecule has 0 saturated heterocycles. The molecule has 0 heterocycles. The van der Waals surface area contributed by atoms with Crippen molar-refractivity contribution in [3.63, 3.8) is 0 Å². The van der Waals surface area contributed by atoms with Gasteiger partial charge in [-0.3, -0.25) is 4.79 Å². The maximum Gasteiger partial charge on any atom is 0.223 e. The molecule has 1 aliphatic carbocycles. The zero-order valence-corrected chi connectivity index (χ0v) is 8.60. The summed E-state index contributed by atoms with van der Waals surface area (Å²) in [5, 5.41) is 3.04. The molecule has 3 nitrogen and oxygen atoms in total. The molecule has 0 aliphatic heterocycles. The Labute approximate surface area is 80.1 Å². The zero-order chi connectivity index (χ0) is 9.90. The predicted molar refractivity (Wildman–Crippen MR) is 53.2 cm³/mol. The molecular weight excluding hydrogens is 164 g/mol. The number of carbonyl (C=O) groups excluding carboxylic acids is 1. The molecular formula is C10H20N2O. The van der Waals surface area contributed by atoms with E-state index in [9.17, 15) is 4.79 Å². The number of nitrogens with two attached hydrogens (primary N) is 1. The van der Waals surface area contributed by atoms with Crippen molar-refractivity contribution < 1.29 is 4.79 Å². The van der Waals surface area contributed by atoms with E-state index < -0.39 is 0 Å². The van der Waals surface area contributed by atoms with Gasteiger partial charge < -0.3 is 11.1 Å². The number of rotatable bonds is 5. The van der Waals surface area contributed by atoms with Crippen molar-refractivity contribution in [2.75, 3.05) is 6.54 Å². The van der Waals surface area contributed by atoms with Crippen LogP contribution in [0.5, 0.6) is 0 Å². The first-order valence-electron chi connectivity index (χ1n) is 5.15. The summed E-state index contributed by atoms with van der Waals surface area (Å²) in [6.07, 6.45) is 4.12. The second kappa shape index (κ2) is 4.09. The summed E-state index contributed by atoms with van der Waals surface area (Å²) in [6, 6.07) is 0. The third-order valence-corrected chi connectivity index (χ3v) is 2.80. The van der Waals surface area contributed by atoms with Gasteiger partial charge >= 0.3 is 0 Å². The minimum absolute atomic E-state index is 0.0287. The number of carbonyl (C=O) groups is 1. The summed E-state index contributed by atoms with van der Waals surface area (Å²) in [6.45, 7) is 4.66. The smallest absolute Gasteiger partial charge is 0.223 e. The van der Waals surface area contributed by atoms with Gasteiger partial charge in [0.25, 0.3) is 0 Å². The molecule has 3 N–H and O–H groups in total. The van der Waals surface area contributed by atoms with Gasteiger partial charge in [-0.15, -0.1) is 0 Å². The molecule has 0 aromatic rings. The van der Waals surface area contributed by atoms with Crippen LogP contribution in [0.25, 0.3) is 0 Å². The normalized spacial score (nSPS) is 20.8. The number of hydrogen-bond donors (Lipinski definition) is 2. The molecule has 1 rings (SSSR count). The van der Waals surface area contributed by atoms with Crippen LogP contribution in [-0.2, 0) is 4.79 Å². The quantitative estimate of drug-likeness (QED) is 0.670. The number of hydrogen-bond acceptors (Lipinski definition) is 2. The zero-order valence-electron chi connectivity index (χ0n) is 8.60. The highest BCUT2D eigenvalue weighted by Gasteiger charge is 2.42. The van der Waals surface area contributed by atoms with Crippen LogP contribution in [0.15, 0.2) is 0 Å². The van der Waals surface area contributed by atoms with Crippen molar-refractivity contribution in [1.82, 2.24) is 5.32 Å². The summed E-state index contributed by atoms with van der Waals surface area (Å²) in [5.41, 5.74) is 5.55. The Bertz CT molecular complexity index is 187. The van der Waals surface area contributed by atoms with Gasteiger partial charge in [0.15, 0.2) is 0 Å². The molecule has 0 radical (unpaired) electrons. The van der Waals surface area contributed by atoms with Crippen LogP contribution in [0.1, 0.15) is 39.5 Å². The third-order valence-electron chi connectivity index (χ3n) is 2.80. The van der Waals surface area contributed by atoms with Gasteiger partial charge in [0.2, 0.25) is 5.91 Å². The summed E-state index contributed by atoms with van der Waals surface area (Å²) in [5.74, 6) is 0.304. The van der Waals surface area contributed by atoms with E-state index in [4.69, 9.17) is 5.73 Å². The first-order chi connectivity index (χ1) is 6.13. The molecule has 1 atom stereocenters. The first-order valence-corrected chi connectivity index (χ1v) is 5.15. The highest BCUT2D eigenvalue weighted by atomic mass is 16.2. The lowest BCUT2D eigenvalue weighted by atomic mass is 10.0. The third kappa shape index (κ3) is 2.69. The lowest BCUT2D eigenvalue weighted by Crippen LogP contribution is -2.44. The molecule has 1 fully saturated rings. The number of nitrogens with one attached hydrogen (secondary N) is 1. The van der Waals surface area contributed by atoms with E-state index in [0.717, 1.165) is 25.7 Å². The van der Waals surface area contributed by atoms with E-state index in [2.05, 4.69) is 12.2 Å². The summed E-state index contributed by atoms with van der Waals surface area (Å²) < 4.78 is 0. The van der Waals surface area contributed by atoms with Gasteiger partial charge in [-0.25, -0.2) is 0 Å². The molecule has 76 valence electrons. The molecule has 0 aromatic carbocycles. The van der Waals surface area contributed by atoms with E-state index >= 15 is 0 Å². The minimum Gasteiger partial charge on any atom is -0.349 e. The van der Waals surface area contributed by atoms with Crippen molar-refractivity contribution >= 4 is 5.91 Å². The molecule has 0 bridgehead atoms. The molecule has 1 unspecified atom stereocenters. The van der Waals surface area contributed by atoms with Gasteiger partial charge in [-0.1, -0.05) is 20.3 Å². The van der Waals surface area contributed by atoms with E-state index in [-0.39, 0.29) is 17.4 Å². The molecule has 13 heavy (non-hydrogen) atoms. The fourth-order valence-corrected chi connectivity index (χ4v) is 1.48. The van der Waals surface area contributed by atoms with Crippen LogP contribution < -0.4 is 11.1 Å². The molecule has 3 heteroatoms. The van der Waals surface area contributed by atoms with Gasteiger partial charge in [-0.2, -0.15) is 0 Å². The standard InChI is InChI=1S/C10H20N2O/c1-3-4-8(2)9(13)12-10(7-11)5-6-10/h8H,3-7,11H2,1-2H3,(H,12,13). The van der Waals surface area contributed by atoms with Crippen LogP contribution in [0.4, 0.5) is 0 Å². The number of amides is 1. The Hall–Kier alpha value is -0.570. The van der Waals surface area contributed by atoms with Crippen LogP contribution in [0, 0.1) is 5.92 Å². The maximum absolute atomic E-state index is 11.6. The van der Waals surface area contributed by atoms with E-state index in [1.807, 2.05) is 6.92 Å². The van der Waals surface area contributed by atoms with E-state index in [1.54, 1.807) is 0 Å². The Kier molecular flexibility index (Phi) is 3.31. The van der Waals surface area contributed by atoms with E-state index in [1.165, 1.54) is 0 Å². The van der Waals surface area contributed by atoms with Crippen molar-refractivity contribution in [2.24, 2.45) is 11.7 Å². The van der Waals surface area contributed by atoms with E-state index in [0.29, 0.717) is 6.54 Å². The molecule has 1 saturated carbocycles.